The summed E-state index contributed by atoms with van der Waals surface area (Å²) in [6.45, 7) is 0. The van der Waals surface area contributed by atoms with Crippen molar-refractivity contribution in [2.45, 2.75) is 0 Å². The molecule has 1 aromatic rings. The molecule has 0 fully saturated rings. The number of hydrogen-bond donors (Lipinski definition) is 0. The van der Waals surface area contributed by atoms with Crippen LogP contribution in [-0.4, -0.2) is 0 Å². The van der Waals surface area contributed by atoms with Crippen LogP contribution in [-0.2, 0) is 21.1 Å². The second-order valence-corrected chi connectivity index (χ2v) is 0.683. The molecule has 0 aliphatic heterocycles. The minimum Gasteiger partial charge on any atom is -0.999 e. The van der Waals surface area contributed by atoms with Gasteiger partial charge in [-0.1, -0.05) is 0 Å². The zero-order valence-corrected chi connectivity index (χ0v) is 4.99. The van der Waals surface area contributed by atoms with Crippen molar-refractivity contribution in [3.63, 3.8) is 0 Å². The summed E-state index contributed by atoms with van der Waals surface area (Å²) in [5, 5.41) is 0. The summed E-state index contributed by atoms with van der Waals surface area (Å²) >= 11 is 0. The molecule has 0 atom stereocenters. The summed E-state index contributed by atoms with van der Waals surface area (Å²) in [6, 6.07) is 12.0. The van der Waals surface area contributed by atoms with Crippen LogP contribution in [0.15, 0.2) is 6.07 Å². The van der Waals surface area contributed by atoms with Crippen molar-refractivity contribution >= 4 is 0 Å². The minimum atomic E-state index is 0. The molecule has 0 radical (unpaired) electrons. The van der Waals surface area contributed by atoms with E-state index in [1.807, 2.05) is 0 Å². The fourth-order valence-electron chi connectivity index (χ4n) is 0.180. The Morgan fingerprint density at radius 3 is 1.67 bits per heavy atom. The zero-order chi connectivity index (χ0) is 3.54. The molecule has 6 heavy (non-hydrogen) atoms. The quantitative estimate of drug-likeness (QED) is 0.382. The van der Waals surface area contributed by atoms with Crippen LogP contribution in [0.3, 0.4) is 0 Å². The van der Waals surface area contributed by atoms with Gasteiger partial charge in [0, 0.05) is 0 Å². The van der Waals surface area contributed by atoms with Gasteiger partial charge in [-0.05, 0) is 0 Å². The van der Waals surface area contributed by atoms with Crippen LogP contribution in [0.4, 0.5) is 0 Å². The van der Waals surface area contributed by atoms with Crippen molar-refractivity contribution in [3.8, 4) is 0 Å². The largest absolute Gasteiger partial charge is 2.00 e. The Labute approximate surface area is 51.8 Å². The van der Waals surface area contributed by atoms with E-state index >= 15 is 0 Å². The van der Waals surface area contributed by atoms with Crippen LogP contribution in [0.1, 0.15) is 0 Å². The summed E-state index contributed by atoms with van der Waals surface area (Å²) in [4.78, 5) is 0. The van der Waals surface area contributed by atoms with Gasteiger partial charge in [-0.2, -0.15) is 0 Å². The summed E-state index contributed by atoms with van der Waals surface area (Å²) in [5.41, 5.74) is 0. The Morgan fingerprint density at radius 2 is 1.50 bits per heavy atom. The molecule has 0 bridgehead atoms. The van der Waals surface area contributed by atoms with Crippen LogP contribution in [0.5, 0.6) is 0 Å². The Hall–Kier alpha value is 0.0383. The van der Waals surface area contributed by atoms with Gasteiger partial charge in [-0.15, -0.1) is 0 Å². The van der Waals surface area contributed by atoms with E-state index < -0.39 is 0 Å². The van der Waals surface area contributed by atoms with Gasteiger partial charge in [0.25, 0.3) is 0 Å². The predicted molar refractivity (Wildman–Crippen MR) is 17.4 cm³/mol. The first kappa shape index (κ1) is 6.04. The first-order valence-electron chi connectivity index (χ1n) is 1.33. The Bertz CT molecular complexity index is 60.4. The van der Waals surface area contributed by atoms with Crippen molar-refractivity contribution in [1.29, 1.82) is 0 Å². The normalized spacial score (nSPS) is 6.67. The van der Waals surface area contributed by atoms with E-state index in [1.165, 1.54) is 0 Å². The fraction of sp³-hybridized carbons (Fsp3) is 0. The summed E-state index contributed by atoms with van der Waals surface area (Å²) in [6.07, 6.45) is 0. The second-order valence-electron chi connectivity index (χ2n) is 0.683. The maximum atomic E-state index is 2.62. The predicted octanol–water partition coefficient (Wildman–Crippen LogP) is 0.604. The van der Waals surface area contributed by atoms with Gasteiger partial charge in [0.2, 0.25) is 0 Å². The Morgan fingerprint density at radius 1 is 1.00 bits per heavy atom. The molecule has 0 nitrogen and oxygen atoms in total. The van der Waals surface area contributed by atoms with Crippen molar-refractivity contribution < 1.29 is 21.1 Å². The van der Waals surface area contributed by atoms with Gasteiger partial charge >= 0.3 is 21.1 Å². The number of rotatable bonds is 0. The smallest absolute Gasteiger partial charge is 0.999 e. The average molecular weight is 157 g/mol. The van der Waals surface area contributed by atoms with Crippen molar-refractivity contribution in [2.75, 3.05) is 0 Å². The SMILES string of the molecule is [Mo+2].[c-]1[c-][c-][cH-][c-]1. The topological polar surface area (TPSA) is 0 Å². The molecule has 1 rings (SSSR count). The molecule has 0 aliphatic carbocycles. The van der Waals surface area contributed by atoms with Crippen LogP contribution in [0.25, 0.3) is 0 Å². The summed E-state index contributed by atoms with van der Waals surface area (Å²) in [5.74, 6) is 0. The van der Waals surface area contributed by atoms with E-state index in [-0.39, 0.29) is 21.1 Å². The van der Waals surface area contributed by atoms with Gasteiger partial charge in [0.05, 0.1) is 0 Å². The molecular weight excluding hydrogens is 156 g/mol. The minimum absolute atomic E-state index is 0. The molecule has 0 aliphatic rings. The molecule has 0 heterocycles. The molecule has 0 amide bonds. The van der Waals surface area contributed by atoms with E-state index in [9.17, 15) is 0 Å². The van der Waals surface area contributed by atoms with Gasteiger partial charge in [0.15, 0.2) is 0 Å². The molecule has 1 heteroatoms. The average Bonchev–Trinajstić information content (AvgIpc) is 1.76. The number of hydrogen-bond acceptors (Lipinski definition) is 0. The van der Waals surface area contributed by atoms with Crippen LogP contribution < -0.4 is 0 Å². The van der Waals surface area contributed by atoms with Crippen LogP contribution in [0, 0.1) is 24.3 Å². The second kappa shape index (κ2) is 3.24. The van der Waals surface area contributed by atoms with E-state index in [1.54, 1.807) is 6.07 Å². The summed E-state index contributed by atoms with van der Waals surface area (Å²) < 4.78 is 0. The standard InChI is InChI=1S/C5H.Mo/c1-2-4-5-3-1;/h1H;/q-5;+2. The molecule has 30 valence electrons. The molecule has 0 saturated heterocycles. The Kier molecular flexibility index (Phi) is 3.26. The fourth-order valence-corrected chi connectivity index (χ4v) is 0.180. The van der Waals surface area contributed by atoms with Gasteiger partial charge < -0.3 is 30.3 Å². The molecular formula is C5HMo-3. The molecule has 1 aromatic carbocycles. The van der Waals surface area contributed by atoms with E-state index in [2.05, 4.69) is 24.3 Å². The van der Waals surface area contributed by atoms with Gasteiger partial charge in [-0.3, -0.25) is 0 Å². The monoisotopic (exact) mass is 159 g/mol. The third-order valence-electron chi connectivity index (χ3n) is 0.351. The molecule has 0 spiro atoms. The Balaban J connectivity index is 0.000000250. The first-order chi connectivity index (χ1) is 2.50. The van der Waals surface area contributed by atoms with Crippen molar-refractivity contribution in [2.24, 2.45) is 0 Å². The third-order valence-corrected chi connectivity index (χ3v) is 0.351. The van der Waals surface area contributed by atoms with Gasteiger partial charge in [0.1, 0.15) is 0 Å². The maximum absolute atomic E-state index is 2.62. The van der Waals surface area contributed by atoms with Crippen molar-refractivity contribution in [3.05, 3.63) is 30.3 Å². The van der Waals surface area contributed by atoms with Crippen LogP contribution >= 0.6 is 0 Å². The van der Waals surface area contributed by atoms with Crippen molar-refractivity contribution in [1.82, 2.24) is 0 Å². The third kappa shape index (κ3) is 1.47. The maximum Gasteiger partial charge on any atom is 2.00 e. The molecule has 0 aromatic heterocycles. The van der Waals surface area contributed by atoms with E-state index in [0.717, 1.165) is 0 Å². The van der Waals surface area contributed by atoms with E-state index in [0.29, 0.717) is 0 Å². The van der Waals surface area contributed by atoms with Crippen LogP contribution in [0.2, 0.25) is 0 Å². The molecule has 0 saturated carbocycles. The van der Waals surface area contributed by atoms with Gasteiger partial charge in [-0.25, -0.2) is 0 Å². The molecule has 0 unspecified atom stereocenters. The first-order valence-corrected chi connectivity index (χ1v) is 1.33. The van der Waals surface area contributed by atoms with E-state index in [4.69, 9.17) is 0 Å². The summed E-state index contributed by atoms with van der Waals surface area (Å²) in [7, 11) is 0. The zero-order valence-electron chi connectivity index (χ0n) is 2.99. The molecule has 0 N–H and O–H groups in total.